The van der Waals surface area contributed by atoms with E-state index in [-0.39, 0.29) is 11.5 Å². The monoisotopic (exact) mass is 403 g/mol. The molecule has 0 spiro atoms. The lowest BCUT2D eigenvalue weighted by Crippen LogP contribution is -2.31. The summed E-state index contributed by atoms with van der Waals surface area (Å²) in [6, 6.07) is 16.6. The number of nitrogens with zero attached hydrogens (tertiary/aromatic N) is 6. The lowest BCUT2D eigenvalue weighted by atomic mass is 10.1. The van der Waals surface area contributed by atoms with Crippen LogP contribution in [0.5, 0.6) is 0 Å². The van der Waals surface area contributed by atoms with Crippen molar-refractivity contribution in [1.82, 2.24) is 9.97 Å². The van der Waals surface area contributed by atoms with Crippen LogP contribution in [-0.4, -0.2) is 28.0 Å². The number of aromatic nitrogens is 2. The third kappa shape index (κ3) is 4.57. The van der Waals surface area contributed by atoms with Crippen LogP contribution >= 0.6 is 0 Å². The fraction of sp³-hybridized carbons (Fsp3) is 0.238. The minimum atomic E-state index is -0.422. The van der Waals surface area contributed by atoms with Crippen molar-refractivity contribution in [3.63, 3.8) is 0 Å². The molecular weight excluding hydrogens is 382 g/mol. The van der Waals surface area contributed by atoms with Crippen LogP contribution < -0.4 is 10.2 Å². The third-order valence-corrected chi connectivity index (χ3v) is 4.81. The van der Waals surface area contributed by atoms with E-state index in [9.17, 15) is 10.1 Å². The molecule has 0 saturated carbocycles. The number of hydrogen-bond donors (Lipinski definition) is 1. The number of azo groups is 1. The molecule has 4 rings (SSSR count). The van der Waals surface area contributed by atoms with E-state index in [1.807, 2.05) is 35.2 Å². The van der Waals surface area contributed by atoms with E-state index in [0.29, 0.717) is 17.2 Å². The van der Waals surface area contributed by atoms with Gasteiger partial charge in [0, 0.05) is 18.8 Å². The van der Waals surface area contributed by atoms with Crippen molar-refractivity contribution in [2.75, 3.05) is 23.3 Å². The van der Waals surface area contributed by atoms with Gasteiger partial charge < -0.3 is 10.2 Å². The van der Waals surface area contributed by atoms with Gasteiger partial charge in [-0.3, -0.25) is 10.1 Å². The fourth-order valence-corrected chi connectivity index (χ4v) is 3.32. The summed E-state index contributed by atoms with van der Waals surface area (Å²) in [7, 11) is 0. The Labute approximate surface area is 173 Å². The molecule has 2 heterocycles. The molecule has 0 aliphatic carbocycles. The molecule has 1 aliphatic rings. The van der Waals surface area contributed by atoms with E-state index >= 15 is 0 Å². The maximum Gasteiger partial charge on any atom is 0.353 e. The Bertz CT molecular complexity index is 1030. The normalized spacial score (nSPS) is 14.1. The van der Waals surface area contributed by atoms with E-state index in [1.165, 1.54) is 6.33 Å². The number of rotatable bonds is 6. The van der Waals surface area contributed by atoms with Gasteiger partial charge in [-0.05, 0) is 55.7 Å². The summed E-state index contributed by atoms with van der Waals surface area (Å²) in [5.41, 5.74) is 2.00. The Kier molecular flexibility index (Phi) is 5.88. The predicted molar refractivity (Wildman–Crippen MR) is 115 cm³/mol. The van der Waals surface area contributed by atoms with Gasteiger partial charge in [0.05, 0.1) is 16.3 Å². The number of nitrogens with one attached hydrogen (secondary N) is 1. The second-order valence-electron chi connectivity index (χ2n) is 6.91. The van der Waals surface area contributed by atoms with E-state index < -0.39 is 4.92 Å². The van der Waals surface area contributed by atoms with Gasteiger partial charge >= 0.3 is 5.69 Å². The largest absolute Gasteiger partial charge is 0.353 e. The zero-order valence-corrected chi connectivity index (χ0v) is 16.3. The molecule has 2 aromatic carbocycles. The first kappa shape index (κ1) is 19.4. The average Bonchev–Trinajstić information content (AvgIpc) is 2.79. The highest BCUT2D eigenvalue weighted by molar-refractivity contribution is 5.74. The molecule has 0 radical (unpaired) electrons. The Morgan fingerprint density at radius 3 is 2.23 bits per heavy atom. The van der Waals surface area contributed by atoms with Gasteiger partial charge in [0.1, 0.15) is 6.33 Å². The van der Waals surface area contributed by atoms with Crippen molar-refractivity contribution < 1.29 is 4.92 Å². The molecule has 0 amide bonds. The summed E-state index contributed by atoms with van der Waals surface area (Å²) in [5, 5.41) is 23.2. The number of piperidine rings is 1. The molecule has 9 nitrogen and oxygen atoms in total. The Balaban J connectivity index is 1.53. The first-order valence-corrected chi connectivity index (χ1v) is 9.79. The SMILES string of the molecule is O=[N+]([O-])c1c(Nc2ccc(N=Nc3ccccc3)cc2)ncnc1N1CCCCC1. The van der Waals surface area contributed by atoms with Crippen molar-refractivity contribution in [3.05, 3.63) is 71.0 Å². The zero-order valence-electron chi connectivity index (χ0n) is 16.3. The smallest absolute Gasteiger partial charge is 0.351 e. The Morgan fingerprint density at radius 2 is 1.57 bits per heavy atom. The second kappa shape index (κ2) is 9.08. The lowest BCUT2D eigenvalue weighted by Gasteiger charge is -2.27. The van der Waals surface area contributed by atoms with Crippen molar-refractivity contribution in [3.8, 4) is 0 Å². The van der Waals surface area contributed by atoms with Crippen LogP contribution in [0.1, 0.15) is 19.3 Å². The van der Waals surface area contributed by atoms with Crippen LogP contribution in [0, 0.1) is 10.1 Å². The zero-order chi connectivity index (χ0) is 20.8. The third-order valence-electron chi connectivity index (χ3n) is 4.81. The molecule has 152 valence electrons. The number of nitro groups is 1. The summed E-state index contributed by atoms with van der Waals surface area (Å²) < 4.78 is 0. The van der Waals surface area contributed by atoms with Crippen LogP contribution in [0.25, 0.3) is 0 Å². The molecule has 0 unspecified atom stereocenters. The van der Waals surface area contributed by atoms with Crippen molar-refractivity contribution in [2.45, 2.75) is 19.3 Å². The van der Waals surface area contributed by atoms with Gasteiger partial charge in [-0.1, -0.05) is 18.2 Å². The number of anilines is 3. The van der Waals surface area contributed by atoms with Crippen LogP contribution in [0.15, 0.2) is 71.2 Å². The van der Waals surface area contributed by atoms with Crippen molar-refractivity contribution in [2.24, 2.45) is 10.2 Å². The summed E-state index contributed by atoms with van der Waals surface area (Å²) in [6.07, 6.45) is 4.50. The highest BCUT2D eigenvalue weighted by atomic mass is 16.6. The molecule has 0 bridgehead atoms. The van der Waals surface area contributed by atoms with Crippen LogP contribution in [0.2, 0.25) is 0 Å². The lowest BCUT2D eigenvalue weighted by molar-refractivity contribution is -0.383. The van der Waals surface area contributed by atoms with E-state index in [1.54, 1.807) is 24.3 Å². The fourth-order valence-electron chi connectivity index (χ4n) is 3.32. The second-order valence-corrected chi connectivity index (χ2v) is 6.91. The predicted octanol–water partition coefficient (Wildman–Crippen LogP) is 5.53. The van der Waals surface area contributed by atoms with E-state index in [2.05, 4.69) is 25.5 Å². The van der Waals surface area contributed by atoms with Crippen molar-refractivity contribution >= 4 is 34.4 Å². The molecule has 1 saturated heterocycles. The molecule has 9 heteroatoms. The molecule has 0 atom stereocenters. The maximum absolute atomic E-state index is 11.8. The highest BCUT2D eigenvalue weighted by Gasteiger charge is 2.27. The first-order chi connectivity index (χ1) is 14.7. The van der Waals surface area contributed by atoms with Gasteiger partial charge in [-0.15, -0.1) is 0 Å². The quantitative estimate of drug-likeness (QED) is 0.329. The molecule has 30 heavy (non-hydrogen) atoms. The highest BCUT2D eigenvalue weighted by Crippen LogP contribution is 2.35. The van der Waals surface area contributed by atoms with Gasteiger partial charge in [-0.2, -0.15) is 10.2 Å². The topological polar surface area (TPSA) is 109 Å². The maximum atomic E-state index is 11.8. The minimum Gasteiger partial charge on any atom is -0.351 e. The number of hydrogen-bond acceptors (Lipinski definition) is 8. The molecule has 1 N–H and O–H groups in total. The molecule has 1 aliphatic heterocycles. The van der Waals surface area contributed by atoms with Crippen molar-refractivity contribution in [1.29, 1.82) is 0 Å². The summed E-state index contributed by atoms with van der Waals surface area (Å²) >= 11 is 0. The summed E-state index contributed by atoms with van der Waals surface area (Å²) in [4.78, 5) is 21.6. The summed E-state index contributed by atoms with van der Waals surface area (Å²) in [6.45, 7) is 1.52. The van der Waals surface area contributed by atoms with Gasteiger partial charge in [-0.25, -0.2) is 9.97 Å². The van der Waals surface area contributed by atoms with Gasteiger partial charge in [0.15, 0.2) is 0 Å². The molecule has 1 fully saturated rings. The van der Waals surface area contributed by atoms with Crippen LogP contribution in [-0.2, 0) is 0 Å². The van der Waals surface area contributed by atoms with Crippen LogP contribution in [0.3, 0.4) is 0 Å². The van der Waals surface area contributed by atoms with E-state index in [4.69, 9.17) is 0 Å². The minimum absolute atomic E-state index is 0.104. The Hall–Kier alpha value is -3.88. The standard InChI is InChI=1S/C21H21N7O2/c29-28(30)19-20(22-15-23-21(19)27-13-5-2-6-14-27)24-16-9-11-18(12-10-16)26-25-17-7-3-1-4-8-17/h1,3-4,7-12,15H,2,5-6,13-14H2,(H,22,23,24). The molecule has 1 aromatic heterocycles. The Morgan fingerprint density at radius 1 is 0.900 bits per heavy atom. The molecule has 3 aromatic rings. The first-order valence-electron chi connectivity index (χ1n) is 9.79. The summed E-state index contributed by atoms with van der Waals surface area (Å²) in [5.74, 6) is 0.541. The van der Waals surface area contributed by atoms with E-state index in [0.717, 1.165) is 38.0 Å². The van der Waals surface area contributed by atoms with Gasteiger partial charge in [0.2, 0.25) is 11.6 Å². The molecular formula is C21H21N7O2. The number of benzene rings is 2. The van der Waals surface area contributed by atoms with Gasteiger partial charge in [0.25, 0.3) is 0 Å². The average molecular weight is 403 g/mol. The van der Waals surface area contributed by atoms with Crippen LogP contribution in [0.4, 0.5) is 34.4 Å².